The maximum Gasteiger partial charge on any atom is 0.224 e. The average Bonchev–Trinajstić information content (AvgIpc) is 2.62. The van der Waals surface area contributed by atoms with Gasteiger partial charge in [-0.05, 0) is 31.9 Å². The highest BCUT2D eigenvalue weighted by atomic mass is 16.5. The summed E-state index contributed by atoms with van der Waals surface area (Å²) in [4.78, 5) is 18.4. The van der Waals surface area contributed by atoms with Crippen molar-refractivity contribution in [3.05, 3.63) is 35.4 Å². The Bertz CT molecular complexity index is 525. The topological polar surface area (TPSA) is 66.0 Å². The summed E-state index contributed by atoms with van der Waals surface area (Å²) in [5.41, 5.74) is 2.28. The molecular weight excluding hydrogens is 316 g/mol. The quantitative estimate of drug-likeness (QED) is 0.502. The van der Waals surface area contributed by atoms with Gasteiger partial charge < -0.3 is 20.3 Å². The van der Waals surface area contributed by atoms with Crippen LogP contribution in [0.1, 0.15) is 38.3 Å². The lowest BCUT2D eigenvalue weighted by Crippen LogP contribution is -2.40. The molecule has 0 aliphatic rings. The number of ether oxygens (including phenoxy) is 1. The average molecular weight is 348 g/mol. The van der Waals surface area contributed by atoms with Gasteiger partial charge in [0.25, 0.3) is 0 Å². The number of aliphatic imine (C=N–C) groups is 1. The number of methoxy groups -OCH3 is 1. The predicted molar refractivity (Wildman–Crippen MR) is 103 cm³/mol. The Balaban J connectivity index is 2.51. The Labute approximate surface area is 151 Å². The molecule has 25 heavy (non-hydrogen) atoms. The fourth-order valence-corrected chi connectivity index (χ4v) is 2.44. The fraction of sp³-hybridized carbons (Fsp3) is 0.579. The zero-order chi connectivity index (χ0) is 18.5. The van der Waals surface area contributed by atoms with Crippen molar-refractivity contribution in [1.82, 2.24) is 15.5 Å². The van der Waals surface area contributed by atoms with Gasteiger partial charge in [0.15, 0.2) is 5.96 Å². The van der Waals surface area contributed by atoms with Crippen molar-refractivity contribution < 1.29 is 9.53 Å². The number of hydrogen-bond acceptors (Lipinski definition) is 3. The maximum absolute atomic E-state index is 12.0. The second-order valence-electron chi connectivity index (χ2n) is 5.69. The van der Waals surface area contributed by atoms with Crippen molar-refractivity contribution in [3.8, 4) is 0 Å². The Morgan fingerprint density at radius 1 is 1.08 bits per heavy atom. The highest BCUT2D eigenvalue weighted by molar-refractivity contribution is 5.81. The lowest BCUT2D eigenvalue weighted by Gasteiger charge is -2.19. The van der Waals surface area contributed by atoms with Crippen LogP contribution >= 0.6 is 0 Å². The van der Waals surface area contributed by atoms with E-state index < -0.39 is 0 Å². The van der Waals surface area contributed by atoms with Crippen molar-refractivity contribution in [2.24, 2.45) is 4.99 Å². The Morgan fingerprint density at radius 2 is 1.72 bits per heavy atom. The van der Waals surface area contributed by atoms with Crippen LogP contribution in [0, 0.1) is 0 Å². The van der Waals surface area contributed by atoms with Crippen molar-refractivity contribution in [3.63, 3.8) is 0 Å². The number of guanidine groups is 1. The first-order valence-electron chi connectivity index (χ1n) is 9.01. The van der Waals surface area contributed by atoms with E-state index in [9.17, 15) is 4.79 Å². The first-order valence-corrected chi connectivity index (χ1v) is 9.01. The summed E-state index contributed by atoms with van der Waals surface area (Å²) in [5, 5.41) is 6.44. The number of carbonyl (C=O) groups is 1. The SMILES string of the molecule is CCNC(=NCc1ccc(COC)cc1)NCCC(=O)N(CC)CC. The molecule has 0 unspecified atom stereocenters. The number of nitrogens with zero attached hydrogens (tertiary/aromatic N) is 2. The number of hydrogen-bond donors (Lipinski definition) is 2. The summed E-state index contributed by atoms with van der Waals surface area (Å²) in [6.45, 7) is 10.1. The van der Waals surface area contributed by atoms with Gasteiger partial charge in [-0.2, -0.15) is 0 Å². The molecule has 0 bridgehead atoms. The van der Waals surface area contributed by atoms with Crippen LogP contribution in [0.3, 0.4) is 0 Å². The van der Waals surface area contributed by atoms with Gasteiger partial charge in [-0.25, -0.2) is 4.99 Å². The van der Waals surface area contributed by atoms with Crippen LogP contribution in [0.2, 0.25) is 0 Å². The summed E-state index contributed by atoms with van der Waals surface area (Å²) in [6, 6.07) is 8.23. The summed E-state index contributed by atoms with van der Waals surface area (Å²) in [6.07, 6.45) is 0.470. The predicted octanol–water partition coefficient (Wildman–Crippen LogP) is 2.15. The molecule has 1 aromatic rings. The van der Waals surface area contributed by atoms with Crippen LogP contribution in [-0.2, 0) is 22.7 Å². The minimum absolute atomic E-state index is 0.169. The van der Waals surface area contributed by atoms with Gasteiger partial charge >= 0.3 is 0 Å². The number of rotatable bonds is 10. The van der Waals surface area contributed by atoms with Crippen molar-refractivity contribution in [1.29, 1.82) is 0 Å². The van der Waals surface area contributed by atoms with Gasteiger partial charge in [0, 0.05) is 39.7 Å². The molecule has 0 heterocycles. The molecule has 2 N–H and O–H groups in total. The molecule has 0 radical (unpaired) electrons. The fourth-order valence-electron chi connectivity index (χ4n) is 2.44. The van der Waals surface area contributed by atoms with Crippen LogP contribution in [-0.4, -0.2) is 50.1 Å². The van der Waals surface area contributed by atoms with Crippen LogP contribution in [0.25, 0.3) is 0 Å². The highest BCUT2D eigenvalue weighted by Gasteiger charge is 2.09. The van der Waals surface area contributed by atoms with E-state index in [0.29, 0.717) is 26.1 Å². The molecular formula is C19H32N4O2. The van der Waals surface area contributed by atoms with Crippen LogP contribution in [0.4, 0.5) is 0 Å². The smallest absolute Gasteiger partial charge is 0.224 e. The first-order chi connectivity index (χ1) is 12.1. The molecule has 140 valence electrons. The molecule has 1 aromatic carbocycles. The second-order valence-corrected chi connectivity index (χ2v) is 5.69. The molecule has 0 atom stereocenters. The third kappa shape index (κ3) is 8.03. The summed E-state index contributed by atoms with van der Waals surface area (Å²) in [7, 11) is 1.69. The second kappa shape index (κ2) is 12.3. The molecule has 0 spiro atoms. The lowest BCUT2D eigenvalue weighted by atomic mass is 10.1. The zero-order valence-corrected chi connectivity index (χ0v) is 16.0. The Hall–Kier alpha value is -2.08. The lowest BCUT2D eigenvalue weighted by molar-refractivity contribution is -0.130. The highest BCUT2D eigenvalue weighted by Crippen LogP contribution is 2.06. The van der Waals surface area contributed by atoms with E-state index in [4.69, 9.17) is 4.74 Å². The minimum Gasteiger partial charge on any atom is -0.380 e. The summed E-state index contributed by atoms with van der Waals surface area (Å²) >= 11 is 0. The largest absolute Gasteiger partial charge is 0.380 e. The van der Waals surface area contributed by atoms with E-state index in [2.05, 4.69) is 39.9 Å². The molecule has 0 aliphatic heterocycles. The molecule has 6 heteroatoms. The van der Waals surface area contributed by atoms with E-state index in [0.717, 1.165) is 36.7 Å². The molecule has 1 amide bonds. The molecule has 6 nitrogen and oxygen atoms in total. The third-order valence-corrected chi connectivity index (χ3v) is 3.85. The minimum atomic E-state index is 0.169. The van der Waals surface area contributed by atoms with E-state index >= 15 is 0 Å². The van der Waals surface area contributed by atoms with Gasteiger partial charge in [-0.1, -0.05) is 24.3 Å². The van der Waals surface area contributed by atoms with Gasteiger partial charge in [0.2, 0.25) is 5.91 Å². The van der Waals surface area contributed by atoms with Crippen molar-refractivity contribution >= 4 is 11.9 Å². The van der Waals surface area contributed by atoms with E-state index in [-0.39, 0.29) is 5.91 Å². The molecule has 0 saturated heterocycles. The van der Waals surface area contributed by atoms with Gasteiger partial charge in [-0.15, -0.1) is 0 Å². The van der Waals surface area contributed by atoms with Gasteiger partial charge in [-0.3, -0.25) is 4.79 Å². The number of benzene rings is 1. The van der Waals surface area contributed by atoms with E-state index in [1.807, 2.05) is 25.7 Å². The number of carbonyl (C=O) groups excluding carboxylic acids is 1. The zero-order valence-electron chi connectivity index (χ0n) is 16.0. The van der Waals surface area contributed by atoms with Gasteiger partial charge in [0.1, 0.15) is 0 Å². The maximum atomic E-state index is 12.0. The van der Waals surface area contributed by atoms with Gasteiger partial charge in [0.05, 0.1) is 13.2 Å². The molecule has 1 rings (SSSR count). The molecule has 0 aromatic heterocycles. The van der Waals surface area contributed by atoms with Crippen molar-refractivity contribution in [2.75, 3.05) is 33.3 Å². The Kier molecular flexibility index (Phi) is 10.3. The third-order valence-electron chi connectivity index (χ3n) is 3.85. The molecule has 0 saturated carbocycles. The number of amides is 1. The molecule has 0 fully saturated rings. The Morgan fingerprint density at radius 3 is 2.28 bits per heavy atom. The first kappa shape index (κ1) is 21.0. The molecule has 0 aliphatic carbocycles. The van der Waals surface area contributed by atoms with Crippen LogP contribution in [0.5, 0.6) is 0 Å². The van der Waals surface area contributed by atoms with Crippen LogP contribution < -0.4 is 10.6 Å². The number of nitrogens with one attached hydrogen (secondary N) is 2. The van der Waals surface area contributed by atoms with Crippen molar-refractivity contribution in [2.45, 2.75) is 40.3 Å². The van der Waals surface area contributed by atoms with E-state index in [1.54, 1.807) is 7.11 Å². The summed E-state index contributed by atoms with van der Waals surface area (Å²) in [5.74, 6) is 0.901. The monoisotopic (exact) mass is 348 g/mol. The standard InChI is InChI=1S/C19H32N4O2/c1-5-20-19(21-13-12-18(24)23(6-2)7-3)22-14-16-8-10-17(11-9-16)15-25-4/h8-11H,5-7,12-15H2,1-4H3,(H2,20,21,22). The van der Waals surface area contributed by atoms with Crippen LogP contribution in [0.15, 0.2) is 29.3 Å². The summed E-state index contributed by atoms with van der Waals surface area (Å²) < 4.78 is 5.12. The normalized spacial score (nSPS) is 11.3. The van der Waals surface area contributed by atoms with E-state index in [1.165, 1.54) is 0 Å².